The summed E-state index contributed by atoms with van der Waals surface area (Å²) < 4.78 is 1.35. The van der Waals surface area contributed by atoms with Crippen molar-refractivity contribution in [3.63, 3.8) is 0 Å². The van der Waals surface area contributed by atoms with Crippen LogP contribution in [0.2, 0.25) is 0 Å². The molecule has 0 aliphatic carbocycles. The lowest BCUT2D eigenvalue weighted by atomic mass is 10.2. The van der Waals surface area contributed by atoms with Crippen LogP contribution in [0.1, 0.15) is 5.56 Å². The first kappa shape index (κ1) is 12.5. The molecule has 2 aromatic heterocycles. The number of pyridine rings is 1. The Bertz CT molecular complexity index is 632. The molecule has 1 nitrogen and oxygen atoms in total. The Morgan fingerprint density at radius 2 is 1.84 bits per heavy atom. The van der Waals surface area contributed by atoms with Gasteiger partial charge in [0.1, 0.15) is 0 Å². The average molecular weight is 283 g/mol. The van der Waals surface area contributed by atoms with Gasteiger partial charge in [-0.2, -0.15) is 0 Å². The fourth-order valence-corrected chi connectivity index (χ4v) is 3.87. The highest BCUT2D eigenvalue weighted by Crippen LogP contribution is 2.34. The van der Waals surface area contributed by atoms with Gasteiger partial charge in [-0.05, 0) is 23.8 Å². The van der Waals surface area contributed by atoms with E-state index >= 15 is 0 Å². The van der Waals surface area contributed by atoms with Crippen molar-refractivity contribution < 1.29 is 0 Å². The Morgan fingerprint density at radius 1 is 0.947 bits per heavy atom. The van der Waals surface area contributed by atoms with E-state index in [2.05, 4.69) is 53.5 Å². The summed E-state index contributed by atoms with van der Waals surface area (Å²) in [6.07, 6.45) is 3.72. The topological polar surface area (TPSA) is 12.9 Å². The van der Waals surface area contributed by atoms with Crippen LogP contribution in [0.25, 0.3) is 10.4 Å². The van der Waals surface area contributed by atoms with E-state index in [-0.39, 0.29) is 0 Å². The Balaban J connectivity index is 1.69. The third-order valence-corrected chi connectivity index (χ3v) is 5.18. The molecule has 0 aliphatic heterocycles. The molecule has 0 saturated heterocycles. The number of thioether (sulfide) groups is 1. The summed E-state index contributed by atoms with van der Waals surface area (Å²) in [7, 11) is 0. The maximum atomic E-state index is 4.16. The molecule has 3 aromatic rings. The summed E-state index contributed by atoms with van der Waals surface area (Å²) in [6, 6.07) is 19.0. The van der Waals surface area contributed by atoms with Gasteiger partial charge in [0.15, 0.2) is 0 Å². The lowest BCUT2D eigenvalue weighted by Gasteiger charge is -1.98. The van der Waals surface area contributed by atoms with E-state index in [9.17, 15) is 0 Å². The molecule has 0 N–H and O–H groups in total. The molecule has 3 heteroatoms. The van der Waals surface area contributed by atoms with Crippen molar-refractivity contribution in [3.8, 4) is 10.4 Å². The van der Waals surface area contributed by atoms with Crippen LogP contribution in [0.5, 0.6) is 0 Å². The normalized spacial score (nSPS) is 10.5. The van der Waals surface area contributed by atoms with E-state index in [1.54, 1.807) is 0 Å². The van der Waals surface area contributed by atoms with E-state index in [0.717, 1.165) is 5.75 Å². The molecule has 2 heterocycles. The highest BCUT2D eigenvalue weighted by Gasteiger charge is 2.03. The molecule has 0 unspecified atom stereocenters. The Labute approximate surface area is 121 Å². The second-order valence-corrected chi connectivity index (χ2v) is 6.49. The van der Waals surface area contributed by atoms with Crippen LogP contribution in [0.3, 0.4) is 0 Å². The van der Waals surface area contributed by atoms with Gasteiger partial charge < -0.3 is 0 Å². The molecule has 3 rings (SSSR count). The van der Waals surface area contributed by atoms with Gasteiger partial charge >= 0.3 is 0 Å². The third kappa shape index (κ3) is 3.25. The fraction of sp³-hybridized carbons (Fsp3) is 0.0625. The maximum Gasteiger partial charge on any atom is 0.0608 e. The van der Waals surface area contributed by atoms with Crippen LogP contribution in [0, 0.1) is 0 Å². The van der Waals surface area contributed by atoms with Gasteiger partial charge in [-0.15, -0.1) is 23.1 Å². The highest BCUT2D eigenvalue weighted by molar-refractivity contribution is 8.00. The van der Waals surface area contributed by atoms with Gasteiger partial charge in [0.2, 0.25) is 0 Å². The number of thiophene rings is 1. The van der Waals surface area contributed by atoms with Gasteiger partial charge in [0, 0.05) is 28.6 Å². The maximum absolute atomic E-state index is 4.16. The summed E-state index contributed by atoms with van der Waals surface area (Å²) in [6.45, 7) is 0. The summed E-state index contributed by atoms with van der Waals surface area (Å²) in [4.78, 5) is 5.44. The van der Waals surface area contributed by atoms with E-state index in [4.69, 9.17) is 0 Å². The quantitative estimate of drug-likeness (QED) is 0.618. The molecule has 0 radical (unpaired) electrons. The Hall–Kier alpha value is -1.58. The van der Waals surface area contributed by atoms with Crippen molar-refractivity contribution in [2.24, 2.45) is 0 Å². The van der Waals surface area contributed by atoms with Crippen molar-refractivity contribution in [3.05, 3.63) is 72.6 Å². The summed E-state index contributed by atoms with van der Waals surface area (Å²) in [5, 5.41) is 0. The van der Waals surface area contributed by atoms with Gasteiger partial charge in [0.05, 0.1) is 4.21 Å². The molecule has 1 aromatic carbocycles. The first-order valence-corrected chi connectivity index (χ1v) is 7.89. The standard InChI is InChI=1S/C16H13NS2/c1-2-5-13(6-3-1)12-18-16-9-8-15(19-16)14-7-4-10-17-11-14/h1-11H,12H2. The molecule has 0 amide bonds. The third-order valence-electron chi connectivity index (χ3n) is 2.75. The summed E-state index contributed by atoms with van der Waals surface area (Å²) in [5.74, 6) is 1.02. The summed E-state index contributed by atoms with van der Waals surface area (Å²) in [5.41, 5.74) is 2.56. The second-order valence-electron chi connectivity index (χ2n) is 4.13. The van der Waals surface area contributed by atoms with Crippen molar-refractivity contribution >= 4 is 23.1 Å². The van der Waals surface area contributed by atoms with Crippen molar-refractivity contribution in [2.75, 3.05) is 0 Å². The molecule has 19 heavy (non-hydrogen) atoms. The largest absolute Gasteiger partial charge is 0.264 e. The monoisotopic (exact) mass is 283 g/mol. The Kier molecular flexibility index (Phi) is 3.96. The number of benzene rings is 1. The molecule has 0 fully saturated rings. The number of hydrogen-bond acceptors (Lipinski definition) is 3. The SMILES string of the molecule is c1ccc(CSc2ccc(-c3cccnc3)s2)cc1. The fourth-order valence-electron chi connectivity index (χ4n) is 1.79. The van der Waals surface area contributed by atoms with Crippen LogP contribution in [0.4, 0.5) is 0 Å². The van der Waals surface area contributed by atoms with Gasteiger partial charge in [-0.3, -0.25) is 4.98 Å². The molecule has 94 valence electrons. The molecular weight excluding hydrogens is 270 g/mol. The first-order valence-electron chi connectivity index (χ1n) is 6.09. The number of rotatable bonds is 4. The van der Waals surface area contributed by atoms with E-state index < -0.39 is 0 Å². The zero-order chi connectivity index (χ0) is 12.9. The minimum atomic E-state index is 1.02. The number of hydrogen-bond donors (Lipinski definition) is 0. The first-order chi connectivity index (χ1) is 9.42. The van der Waals surface area contributed by atoms with Crippen LogP contribution in [-0.4, -0.2) is 4.98 Å². The smallest absolute Gasteiger partial charge is 0.0608 e. The molecule has 0 aliphatic rings. The van der Waals surface area contributed by atoms with E-state index in [0.29, 0.717) is 0 Å². The van der Waals surface area contributed by atoms with Crippen LogP contribution >= 0.6 is 23.1 Å². The van der Waals surface area contributed by atoms with Gasteiger partial charge in [-0.1, -0.05) is 36.4 Å². The Morgan fingerprint density at radius 3 is 2.63 bits per heavy atom. The van der Waals surface area contributed by atoms with Gasteiger partial charge in [0.25, 0.3) is 0 Å². The molecule has 0 spiro atoms. The predicted octanol–water partition coefficient (Wildman–Crippen LogP) is 5.10. The number of nitrogens with zero attached hydrogens (tertiary/aromatic N) is 1. The highest BCUT2D eigenvalue weighted by atomic mass is 32.2. The van der Waals surface area contributed by atoms with E-state index in [1.807, 2.05) is 41.6 Å². The lowest BCUT2D eigenvalue weighted by Crippen LogP contribution is -1.76. The van der Waals surface area contributed by atoms with Crippen molar-refractivity contribution in [1.29, 1.82) is 0 Å². The van der Waals surface area contributed by atoms with Crippen LogP contribution in [-0.2, 0) is 5.75 Å². The zero-order valence-electron chi connectivity index (χ0n) is 10.3. The molecule has 0 bridgehead atoms. The minimum absolute atomic E-state index is 1.02. The zero-order valence-corrected chi connectivity index (χ0v) is 12.0. The summed E-state index contributed by atoms with van der Waals surface area (Å²) >= 11 is 3.72. The van der Waals surface area contributed by atoms with Crippen LogP contribution < -0.4 is 0 Å². The lowest BCUT2D eigenvalue weighted by molar-refractivity contribution is 1.33. The minimum Gasteiger partial charge on any atom is -0.264 e. The molecule has 0 saturated carbocycles. The van der Waals surface area contributed by atoms with Crippen LogP contribution in [0.15, 0.2) is 71.2 Å². The van der Waals surface area contributed by atoms with Crippen molar-refractivity contribution in [2.45, 2.75) is 9.96 Å². The van der Waals surface area contributed by atoms with E-state index in [1.165, 1.54) is 20.2 Å². The molecule has 0 atom stereocenters. The second kappa shape index (κ2) is 6.04. The molecular formula is C16H13NS2. The van der Waals surface area contributed by atoms with Crippen molar-refractivity contribution in [1.82, 2.24) is 4.98 Å². The average Bonchev–Trinajstić information content (AvgIpc) is 2.96. The predicted molar refractivity (Wildman–Crippen MR) is 83.6 cm³/mol. The van der Waals surface area contributed by atoms with Gasteiger partial charge in [-0.25, -0.2) is 0 Å². The number of aromatic nitrogens is 1.